The minimum Gasteiger partial charge on any atom is -0.464 e. The van der Waals surface area contributed by atoms with Gasteiger partial charge in [0.05, 0.1) is 7.11 Å². The Kier molecular flexibility index (Phi) is 5.54. The number of nitrogens with zero attached hydrogens (tertiary/aromatic N) is 1. The van der Waals surface area contributed by atoms with Crippen LogP contribution in [0.4, 0.5) is 0 Å². The van der Waals surface area contributed by atoms with Crippen molar-refractivity contribution in [1.29, 1.82) is 0 Å². The van der Waals surface area contributed by atoms with E-state index < -0.39 is 5.97 Å². The number of hydrogen-bond donors (Lipinski definition) is 1. The molecule has 1 aliphatic carbocycles. The number of methoxy groups -OCH3 is 1. The molecular formula is C15H22N2O5. The number of nitrogens with one attached hydrogen (secondary N) is 1. The van der Waals surface area contributed by atoms with Gasteiger partial charge >= 0.3 is 5.97 Å². The normalized spacial score (nSPS) is 17.0. The largest absolute Gasteiger partial charge is 0.464 e. The van der Waals surface area contributed by atoms with Gasteiger partial charge in [-0.1, -0.05) is 19.3 Å². The van der Waals surface area contributed by atoms with Crippen LogP contribution in [-0.4, -0.2) is 36.1 Å². The van der Waals surface area contributed by atoms with Gasteiger partial charge in [-0.15, -0.1) is 0 Å². The second kappa shape index (κ2) is 7.40. The Morgan fingerprint density at radius 1 is 1.36 bits per heavy atom. The summed E-state index contributed by atoms with van der Waals surface area (Å²) in [5.74, 6) is -0.501. The average molecular weight is 310 g/mol. The zero-order valence-electron chi connectivity index (χ0n) is 13.0. The zero-order chi connectivity index (χ0) is 16.0. The predicted octanol–water partition coefficient (Wildman–Crippen LogP) is 1.82. The van der Waals surface area contributed by atoms with Crippen LogP contribution in [0.3, 0.4) is 0 Å². The summed E-state index contributed by atoms with van der Waals surface area (Å²) >= 11 is 0. The lowest BCUT2D eigenvalue weighted by molar-refractivity contribution is -0.128. The number of carbonyl (C=O) groups excluding carboxylic acids is 2. The van der Waals surface area contributed by atoms with Gasteiger partial charge in [-0.25, -0.2) is 9.78 Å². The first-order chi connectivity index (χ1) is 10.5. The molecule has 1 amide bonds. The van der Waals surface area contributed by atoms with Crippen molar-refractivity contribution in [3.8, 4) is 0 Å². The van der Waals surface area contributed by atoms with Crippen molar-refractivity contribution < 1.29 is 23.5 Å². The fourth-order valence-corrected chi connectivity index (χ4v) is 2.70. The lowest BCUT2D eigenvalue weighted by Gasteiger charge is -2.34. The Balaban J connectivity index is 1.77. The molecule has 1 aromatic rings. The molecule has 1 N–H and O–H groups in total. The molecule has 1 aromatic heterocycles. The molecule has 0 spiro atoms. The summed E-state index contributed by atoms with van der Waals surface area (Å²) in [6, 6.07) is 0. The van der Waals surface area contributed by atoms with Crippen LogP contribution >= 0.6 is 0 Å². The summed E-state index contributed by atoms with van der Waals surface area (Å²) in [5.41, 5.74) is -0.0654. The number of aromatic nitrogens is 1. The molecule has 22 heavy (non-hydrogen) atoms. The standard InChI is InChI=1S/C15H22N2O5/c1-15(6-4-3-5-7-15)17-12(18)9-21-8-11-13(14(19)20-2)16-10-22-11/h10H,3-9H2,1-2H3,(H,17,18). The Labute approximate surface area is 129 Å². The maximum Gasteiger partial charge on any atom is 0.360 e. The molecule has 7 nitrogen and oxygen atoms in total. The van der Waals surface area contributed by atoms with Crippen LogP contribution in [0.5, 0.6) is 0 Å². The van der Waals surface area contributed by atoms with E-state index in [1.165, 1.54) is 13.5 Å². The van der Waals surface area contributed by atoms with Crippen LogP contribution in [0.2, 0.25) is 0 Å². The van der Waals surface area contributed by atoms with E-state index in [-0.39, 0.29) is 36.1 Å². The third kappa shape index (κ3) is 4.30. The van der Waals surface area contributed by atoms with Crippen molar-refractivity contribution >= 4 is 11.9 Å². The summed E-state index contributed by atoms with van der Waals surface area (Å²) in [5, 5.41) is 3.02. The van der Waals surface area contributed by atoms with E-state index in [0.717, 1.165) is 32.1 Å². The van der Waals surface area contributed by atoms with Crippen molar-refractivity contribution in [3.63, 3.8) is 0 Å². The number of ether oxygens (including phenoxy) is 2. The fourth-order valence-electron chi connectivity index (χ4n) is 2.70. The van der Waals surface area contributed by atoms with E-state index in [9.17, 15) is 9.59 Å². The van der Waals surface area contributed by atoms with Gasteiger partial charge in [-0.3, -0.25) is 4.79 Å². The van der Waals surface area contributed by atoms with Crippen molar-refractivity contribution in [1.82, 2.24) is 10.3 Å². The van der Waals surface area contributed by atoms with Crippen LogP contribution in [0.1, 0.15) is 55.3 Å². The Morgan fingerprint density at radius 3 is 2.77 bits per heavy atom. The van der Waals surface area contributed by atoms with Gasteiger partial charge < -0.3 is 19.2 Å². The molecule has 0 bridgehead atoms. The van der Waals surface area contributed by atoms with E-state index in [0.29, 0.717) is 0 Å². The van der Waals surface area contributed by atoms with E-state index in [1.807, 2.05) is 0 Å². The van der Waals surface area contributed by atoms with E-state index >= 15 is 0 Å². The lowest BCUT2D eigenvalue weighted by Crippen LogP contribution is -2.48. The van der Waals surface area contributed by atoms with Gasteiger partial charge in [0.25, 0.3) is 0 Å². The molecular weight excluding hydrogens is 288 g/mol. The monoisotopic (exact) mass is 310 g/mol. The van der Waals surface area contributed by atoms with Crippen LogP contribution in [0.15, 0.2) is 10.8 Å². The third-order valence-corrected chi connectivity index (χ3v) is 3.88. The first-order valence-electron chi connectivity index (χ1n) is 7.43. The minimum absolute atomic E-state index is 0.00539. The van der Waals surface area contributed by atoms with E-state index in [1.54, 1.807) is 0 Å². The van der Waals surface area contributed by atoms with Gasteiger partial charge in [0, 0.05) is 5.54 Å². The summed E-state index contributed by atoms with van der Waals surface area (Å²) in [4.78, 5) is 27.1. The maximum absolute atomic E-state index is 11.9. The number of esters is 1. The van der Waals surface area contributed by atoms with Crippen molar-refractivity contribution in [2.75, 3.05) is 13.7 Å². The highest BCUT2D eigenvalue weighted by atomic mass is 16.5. The highest BCUT2D eigenvalue weighted by molar-refractivity contribution is 5.88. The highest BCUT2D eigenvalue weighted by Crippen LogP contribution is 2.27. The molecule has 0 atom stereocenters. The maximum atomic E-state index is 11.9. The van der Waals surface area contributed by atoms with Crippen LogP contribution in [0.25, 0.3) is 0 Å². The topological polar surface area (TPSA) is 90.7 Å². The molecule has 0 aromatic carbocycles. The van der Waals surface area contributed by atoms with Crippen LogP contribution in [-0.2, 0) is 20.9 Å². The SMILES string of the molecule is COC(=O)c1ncoc1COCC(=O)NC1(C)CCCCC1. The van der Waals surface area contributed by atoms with E-state index in [4.69, 9.17) is 9.15 Å². The summed E-state index contributed by atoms with van der Waals surface area (Å²) in [6.45, 7) is 1.97. The smallest absolute Gasteiger partial charge is 0.360 e. The number of oxazole rings is 1. The zero-order valence-corrected chi connectivity index (χ0v) is 13.0. The third-order valence-electron chi connectivity index (χ3n) is 3.88. The van der Waals surface area contributed by atoms with E-state index in [2.05, 4.69) is 22.0 Å². The highest BCUT2D eigenvalue weighted by Gasteiger charge is 2.28. The van der Waals surface area contributed by atoms with Crippen molar-refractivity contribution in [2.45, 2.75) is 51.2 Å². The number of hydrogen-bond acceptors (Lipinski definition) is 6. The van der Waals surface area contributed by atoms with Gasteiger partial charge in [-0.05, 0) is 19.8 Å². The molecule has 1 saturated carbocycles. The Hall–Kier alpha value is -1.89. The average Bonchev–Trinajstić information content (AvgIpc) is 2.95. The van der Waals surface area contributed by atoms with Gasteiger partial charge in [0.15, 0.2) is 17.8 Å². The Bertz CT molecular complexity index is 520. The first-order valence-corrected chi connectivity index (χ1v) is 7.43. The van der Waals surface area contributed by atoms with Crippen LogP contribution < -0.4 is 5.32 Å². The molecule has 122 valence electrons. The molecule has 7 heteroatoms. The summed E-state index contributed by atoms with van der Waals surface area (Å²) < 4.78 is 15.0. The van der Waals surface area contributed by atoms with Gasteiger partial charge in [-0.2, -0.15) is 0 Å². The van der Waals surface area contributed by atoms with Gasteiger partial charge in [0.2, 0.25) is 5.91 Å². The minimum atomic E-state index is -0.591. The summed E-state index contributed by atoms with van der Waals surface area (Å²) in [6.07, 6.45) is 6.63. The van der Waals surface area contributed by atoms with Crippen molar-refractivity contribution in [2.24, 2.45) is 0 Å². The number of rotatable bonds is 6. The molecule has 0 unspecified atom stereocenters. The molecule has 2 rings (SSSR count). The Morgan fingerprint density at radius 2 is 2.09 bits per heavy atom. The second-order valence-electron chi connectivity index (χ2n) is 5.78. The second-order valence-corrected chi connectivity index (χ2v) is 5.78. The molecule has 0 radical (unpaired) electrons. The predicted molar refractivity (Wildman–Crippen MR) is 77.1 cm³/mol. The molecule has 0 aliphatic heterocycles. The molecule has 1 fully saturated rings. The van der Waals surface area contributed by atoms with Gasteiger partial charge in [0.1, 0.15) is 13.2 Å². The number of carbonyl (C=O) groups is 2. The fraction of sp³-hybridized carbons (Fsp3) is 0.667. The lowest BCUT2D eigenvalue weighted by atomic mass is 9.83. The quantitative estimate of drug-likeness (QED) is 0.806. The molecule has 0 saturated heterocycles. The molecule has 1 aliphatic rings. The first kappa shape index (κ1) is 16.5. The van der Waals surface area contributed by atoms with Crippen molar-refractivity contribution in [3.05, 3.63) is 17.8 Å². The molecule has 1 heterocycles. The number of amides is 1. The van der Waals surface area contributed by atoms with Crippen LogP contribution in [0, 0.1) is 0 Å². The summed E-state index contributed by atoms with van der Waals surface area (Å²) in [7, 11) is 1.26.